The van der Waals surface area contributed by atoms with E-state index in [-0.39, 0.29) is 5.41 Å². The average molecular weight is 314 g/mol. The van der Waals surface area contributed by atoms with Crippen LogP contribution in [0.15, 0.2) is 22.7 Å². The predicted molar refractivity (Wildman–Crippen MR) is 78.8 cm³/mol. The van der Waals surface area contributed by atoms with Gasteiger partial charge in [0.1, 0.15) is 0 Å². The van der Waals surface area contributed by atoms with E-state index in [0.29, 0.717) is 16.6 Å². The lowest BCUT2D eigenvalue weighted by molar-refractivity contribution is 0.0999. The summed E-state index contributed by atoms with van der Waals surface area (Å²) in [5.41, 5.74) is 12.6. The van der Waals surface area contributed by atoms with Crippen molar-refractivity contribution >= 4 is 27.5 Å². The standard InChI is InChI=1S/C13H20BrN3O/c1-13(2,7-15)8-17(3)9-4-5-10(12(16)18)11(14)6-9/h4-6H,7-8,15H2,1-3H3,(H2,16,18). The van der Waals surface area contributed by atoms with Gasteiger partial charge in [0.25, 0.3) is 0 Å². The molecule has 0 radical (unpaired) electrons. The Morgan fingerprint density at radius 2 is 2.06 bits per heavy atom. The van der Waals surface area contributed by atoms with Gasteiger partial charge in [0.2, 0.25) is 5.91 Å². The number of halogens is 1. The van der Waals surface area contributed by atoms with E-state index in [1.807, 2.05) is 19.2 Å². The molecule has 0 spiro atoms. The van der Waals surface area contributed by atoms with Gasteiger partial charge in [0.05, 0.1) is 5.56 Å². The van der Waals surface area contributed by atoms with Gasteiger partial charge in [-0.1, -0.05) is 13.8 Å². The van der Waals surface area contributed by atoms with Crippen LogP contribution in [0.5, 0.6) is 0 Å². The number of anilines is 1. The molecule has 0 fully saturated rings. The predicted octanol–water partition coefficient (Wildman–Crippen LogP) is 1.97. The maximum atomic E-state index is 11.1. The molecule has 18 heavy (non-hydrogen) atoms. The Balaban J connectivity index is 2.91. The van der Waals surface area contributed by atoms with Crippen molar-refractivity contribution < 1.29 is 4.79 Å². The molecule has 0 heterocycles. The van der Waals surface area contributed by atoms with Crippen LogP contribution in [0.4, 0.5) is 5.69 Å². The second-order valence-corrected chi connectivity index (χ2v) is 6.11. The molecule has 0 saturated heterocycles. The lowest BCUT2D eigenvalue weighted by Gasteiger charge is -2.30. The highest BCUT2D eigenvalue weighted by atomic mass is 79.9. The molecule has 100 valence electrons. The Hall–Kier alpha value is -1.07. The maximum absolute atomic E-state index is 11.1. The Kier molecular flexibility index (Phi) is 4.76. The van der Waals surface area contributed by atoms with E-state index in [2.05, 4.69) is 34.7 Å². The number of carbonyl (C=O) groups is 1. The van der Waals surface area contributed by atoms with Crippen molar-refractivity contribution in [1.82, 2.24) is 0 Å². The Bertz CT molecular complexity index is 446. The molecule has 1 rings (SSSR count). The van der Waals surface area contributed by atoms with Gasteiger partial charge in [-0.25, -0.2) is 0 Å². The molecule has 0 saturated carbocycles. The van der Waals surface area contributed by atoms with E-state index in [0.717, 1.165) is 12.2 Å². The van der Waals surface area contributed by atoms with Crippen LogP contribution >= 0.6 is 15.9 Å². The van der Waals surface area contributed by atoms with Crippen LogP contribution in [0.3, 0.4) is 0 Å². The first-order valence-corrected chi connectivity index (χ1v) is 6.57. The van der Waals surface area contributed by atoms with E-state index in [4.69, 9.17) is 11.5 Å². The Morgan fingerprint density at radius 3 is 2.50 bits per heavy atom. The number of hydrogen-bond acceptors (Lipinski definition) is 3. The van der Waals surface area contributed by atoms with Gasteiger partial charge in [-0.05, 0) is 46.1 Å². The van der Waals surface area contributed by atoms with Crippen molar-refractivity contribution in [2.75, 3.05) is 25.0 Å². The average Bonchev–Trinajstić information content (AvgIpc) is 2.27. The molecule has 1 aromatic carbocycles. The first kappa shape index (κ1) is 15.0. The van der Waals surface area contributed by atoms with E-state index in [1.54, 1.807) is 6.07 Å². The number of rotatable bonds is 5. The van der Waals surface area contributed by atoms with Crippen molar-refractivity contribution in [3.63, 3.8) is 0 Å². The number of primary amides is 1. The number of nitrogens with two attached hydrogens (primary N) is 2. The Labute approximate surface area is 116 Å². The Morgan fingerprint density at radius 1 is 1.44 bits per heavy atom. The summed E-state index contributed by atoms with van der Waals surface area (Å²) in [5, 5.41) is 0. The van der Waals surface area contributed by atoms with Crippen molar-refractivity contribution in [3.8, 4) is 0 Å². The fourth-order valence-electron chi connectivity index (χ4n) is 1.74. The number of nitrogens with zero attached hydrogens (tertiary/aromatic N) is 1. The third-order valence-electron chi connectivity index (χ3n) is 2.88. The first-order valence-electron chi connectivity index (χ1n) is 5.77. The second kappa shape index (κ2) is 5.71. The molecule has 4 N–H and O–H groups in total. The van der Waals surface area contributed by atoms with Crippen LogP contribution in [0.1, 0.15) is 24.2 Å². The third-order valence-corrected chi connectivity index (χ3v) is 3.53. The number of benzene rings is 1. The van der Waals surface area contributed by atoms with Crippen molar-refractivity contribution in [2.45, 2.75) is 13.8 Å². The molecule has 0 aliphatic rings. The lowest BCUT2D eigenvalue weighted by Crippen LogP contribution is -2.36. The van der Waals surface area contributed by atoms with Gasteiger partial charge in [0, 0.05) is 23.8 Å². The lowest BCUT2D eigenvalue weighted by atomic mass is 9.93. The minimum absolute atomic E-state index is 0.0452. The highest BCUT2D eigenvalue weighted by molar-refractivity contribution is 9.10. The van der Waals surface area contributed by atoms with Crippen LogP contribution in [0.2, 0.25) is 0 Å². The van der Waals surface area contributed by atoms with Crippen molar-refractivity contribution in [3.05, 3.63) is 28.2 Å². The third kappa shape index (κ3) is 3.71. The minimum Gasteiger partial charge on any atom is -0.374 e. The molecule has 0 aliphatic carbocycles. The zero-order chi connectivity index (χ0) is 13.9. The maximum Gasteiger partial charge on any atom is 0.249 e. The number of hydrogen-bond donors (Lipinski definition) is 2. The van der Waals surface area contributed by atoms with Gasteiger partial charge in [-0.15, -0.1) is 0 Å². The molecule has 4 nitrogen and oxygen atoms in total. The summed E-state index contributed by atoms with van der Waals surface area (Å²) < 4.78 is 0.713. The first-order chi connectivity index (χ1) is 8.26. The fourth-order valence-corrected chi connectivity index (χ4v) is 2.30. The van der Waals surface area contributed by atoms with Crippen LogP contribution in [-0.4, -0.2) is 26.0 Å². The molecule has 0 aliphatic heterocycles. The fraction of sp³-hybridized carbons (Fsp3) is 0.462. The zero-order valence-corrected chi connectivity index (χ0v) is 12.6. The highest BCUT2D eigenvalue weighted by Crippen LogP contribution is 2.25. The topological polar surface area (TPSA) is 72.3 Å². The van der Waals surface area contributed by atoms with Gasteiger partial charge in [-0.2, -0.15) is 0 Å². The molecule has 0 atom stereocenters. The molecule has 0 bridgehead atoms. The molecule has 1 amide bonds. The summed E-state index contributed by atoms with van der Waals surface area (Å²) in [6.45, 7) is 5.70. The molecular formula is C13H20BrN3O. The van der Waals surface area contributed by atoms with Crippen LogP contribution in [-0.2, 0) is 0 Å². The molecule has 5 heteroatoms. The van der Waals surface area contributed by atoms with Crippen LogP contribution in [0, 0.1) is 5.41 Å². The van der Waals surface area contributed by atoms with E-state index in [1.165, 1.54) is 0 Å². The highest BCUT2D eigenvalue weighted by Gasteiger charge is 2.19. The number of amides is 1. The van der Waals surface area contributed by atoms with E-state index < -0.39 is 5.91 Å². The monoisotopic (exact) mass is 313 g/mol. The summed E-state index contributed by atoms with van der Waals surface area (Å²) >= 11 is 3.36. The quantitative estimate of drug-likeness (QED) is 0.873. The van der Waals surface area contributed by atoms with Crippen molar-refractivity contribution in [1.29, 1.82) is 0 Å². The van der Waals surface area contributed by atoms with Gasteiger partial charge in [-0.3, -0.25) is 4.79 Å². The molecular weight excluding hydrogens is 294 g/mol. The number of carbonyl (C=O) groups excluding carboxylic acids is 1. The summed E-state index contributed by atoms with van der Waals surface area (Å²) in [7, 11) is 2.00. The molecule has 0 aromatic heterocycles. The van der Waals surface area contributed by atoms with Gasteiger partial charge in [0.15, 0.2) is 0 Å². The minimum atomic E-state index is -0.432. The summed E-state index contributed by atoms with van der Waals surface area (Å²) in [4.78, 5) is 13.3. The largest absolute Gasteiger partial charge is 0.374 e. The summed E-state index contributed by atoms with van der Waals surface area (Å²) in [5.74, 6) is -0.432. The smallest absolute Gasteiger partial charge is 0.249 e. The van der Waals surface area contributed by atoms with Crippen LogP contribution < -0.4 is 16.4 Å². The van der Waals surface area contributed by atoms with Crippen LogP contribution in [0.25, 0.3) is 0 Å². The second-order valence-electron chi connectivity index (χ2n) is 5.25. The van der Waals surface area contributed by atoms with Crippen molar-refractivity contribution in [2.24, 2.45) is 16.9 Å². The SMILES string of the molecule is CN(CC(C)(C)CN)c1ccc(C(N)=O)c(Br)c1. The van der Waals surface area contributed by atoms with E-state index >= 15 is 0 Å². The zero-order valence-electron chi connectivity index (χ0n) is 11.0. The summed E-state index contributed by atoms with van der Waals surface area (Å²) in [6.07, 6.45) is 0. The molecule has 0 unspecified atom stereocenters. The van der Waals surface area contributed by atoms with E-state index in [9.17, 15) is 4.79 Å². The van der Waals surface area contributed by atoms with Gasteiger partial charge >= 0.3 is 0 Å². The normalized spacial score (nSPS) is 11.4. The van der Waals surface area contributed by atoms with Gasteiger partial charge < -0.3 is 16.4 Å². The summed E-state index contributed by atoms with van der Waals surface area (Å²) in [6, 6.07) is 5.51. The molecule has 1 aromatic rings.